The molecule has 16 heavy (non-hydrogen) atoms. The first-order chi connectivity index (χ1) is 7.65. The highest BCUT2D eigenvalue weighted by molar-refractivity contribution is 5.30. The average Bonchev–Trinajstić information content (AvgIpc) is 2.65. The smallest absolute Gasteiger partial charge is 0.119 e. The minimum atomic E-state index is 0.253. The molecule has 0 saturated carbocycles. The van der Waals surface area contributed by atoms with E-state index >= 15 is 0 Å². The zero-order valence-corrected chi connectivity index (χ0v) is 10.4. The molecule has 1 aromatic rings. The van der Waals surface area contributed by atoms with Crippen molar-refractivity contribution >= 4 is 0 Å². The van der Waals surface area contributed by atoms with Crippen LogP contribution in [0.3, 0.4) is 0 Å². The fourth-order valence-corrected chi connectivity index (χ4v) is 2.30. The van der Waals surface area contributed by atoms with Gasteiger partial charge < -0.3 is 9.64 Å². The first kappa shape index (κ1) is 11.5. The summed E-state index contributed by atoms with van der Waals surface area (Å²) in [6.45, 7) is 6.51. The molecule has 0 N–H and O–H groups in total. The van der Waals surface area contributed by atoms with Gasteiger partial charge in [-0.25, -0.2) is 0 Å². The van der Waals surface area contributed by atoms with Crippen LogP contribution in [0.25, 0.3) is 0 Å². The van der Waals surface area contributed by atoms with Crippen LogP contribution in [0.1, 0.15) is 31.7 Å². The molecule has 0 bridgehead atoms. The third-order valence-corrected chi connectivity index (χ3v) is 3.11. The van der Waals surface area contributed by atoms with Gasteiger partial charge >= 0.3 is 0 Å². The van der Waals surface area contributed by atoms with Crippen molar-refractivity contribution in [3.8, 4) is 5.75 Å². The normalized spacial score (nSPS) is 21.6. The number of benzene rings is 1. The zero-order valence-electron chi connectivity index (χ0n) is 10.4. The van der Waals surface area contributed by atoms with Crippen LogP contribution in [0.4, 0.5) is 0 Å². The molecule has 1 aliphatic rings. The lowest BCUT2D eigenvalue weighted by atomic mass is 9.98. The molecule has 2 nitrogen and oxygen atoms in total. The lowest BCUT2D eigenvalue weighted by Gasteiger charge is -2.13. The molecule has 2 heteroatoms. The Hall–Kier alpha value is -1.02. The van der Waals surface area contributed by atoms with Gasteiger partial charge in [0.05, 0.1) is 6.10 Å². The zero-order chi connectivity index (χ0) is 11.5. The van der Waals surface area contributed by atoms with Crippen molar-refractivity contribution in [1.82, 2.24) is 4.90 Å². The number of likely N-dealkylation sites (N-methyl/N-ethyl adjacent to an activating group) is 1. The molecular weight excluding hydrogens is 198 g/mol. The van der Waals surface area contributed by atoms with Crippen molar-refractivity contribution in [2.45, 2.75) is 32.3 Å². The maximum absolute atomic E-state index is 5.64. The molecule has 1 heterocycles. The summed E-state index contributed by atoms with van der Waals surface area (Å²) in [5.74, 6) is 1.68. The third kappa shape index (κ3) is 2.76. The second kappa shape index (κ2) is 4.88. The Balaban J connectivity index is 2.02. The molecule has 1 saturated heterocycles. The van der Waals surface area contributed by atoms with Gasteiger partial charge in [-0.05, 0) is 57.5 Å². The molecular formula is C14H21NO. The summed E-state index contributed by atoms with van der Waals surface area (Å²) in [5, 5.41) is 0. The Labute approximate surface area is 98.2 Å². The van der Waals surface area contributed by atoms with Gasteiger partial charge in [0, 0.05) is 6.54 Å². The first-order valence-electron chi connectivity index (χ1n) is 6.10. The van der Waals surface area contributed by atoms with E-state index in [1.54, 1.807) is 0 Å². The van der Waals surface area contributed by atoms with E-state index in [1.165, 1.54) is 25.1 Å². The minimum absolute atomic E-state index is 0.253. The standard InChI is InChI=1S/C14H21NO/c1-11(2)16-14-6-4-12(5-7-14)13-8-9-15(3)10-13/h4-7,11,13H,8-10H2,1-3H3. The predicted molar refractivity (Wildman–Crippen MR) is 67.1 cm³/mol. The van der Waals surface area contributed by atoms with E-state index < -0.39 is 0 Å². The Bertz CT molecular complexity index is 331. The van der Waals surface area contributed by atoms with Crippen LogP contribution in [0.15, 0.2) is 24.3 Å². The topological polar surface area (TPSA) is 12.5 Å². The molecule has 0 radical (unpaired) electrons. The minimum Gasteiger partial charge on any atom is -0.491 e. The Kier molecular flexibility index (Phi) is 3.49. The summed E-state index contributed by atoms with van der Waals surface area (Å²) in [4.78, 5) is 2.39. The van der Waals surface area contributed by atoms with Gasteiger partial charge in [-0.2, -0.15) is 0 Å². The van der Waals surface area contributed by atoms with E-state index in [2.05, 4.69) is 50.1 Å². The lowest BCUT2D eigenvalue weighted by Crippen LogP contribution is -2.13. The predicted octanol–water partition coefficient (Wildman–Crippen LogP) is 2.89. The molecule has 0 aromatic heterocycles. The Morgan fingerprint density at radius 1 is 1.25 bits per heavy atom. The van der Waals surface area contributed by atoms with Crippen LogP contribution in [-0.4, -0.2) is 31.1 Å². The van der Waals surface area contributed by atoms with E-state index in [0.29, 0.717) is 5.92 Å². The molecule has 1 aromatic carbocycles. The SMILES string of the molecule is CC(C)Oc1ccc(C2CCN(C)C2)cc1. The number of nitrogens with zero attached hydrogens (tertiary/aromatic N) is 1. The summed E-state index contributed by atoms with van der Waals surface area (Å²) in [5.41, 5.74) is 1.44. The van der Waals surface area contributed by atoms with Gasteiger partial charge in [0.1, 0.15) is 5.75 Å². The van der Waals surface area contributed by atoms with Gasteiger partial charge in [0.2, 0.25) is 0 Å². The monoisotopic (exact) mass is 219 g/mol. The number of likely N-dealkylation sites (tertiary alicyclic amines) is 1. The lowest BCUT2D eigenvalue weighted by molar-refractivity contribution is 0.242. The largest absolute Gasteiger partial charge is 0.491 e. The molecule has 0 amide bonds. The second-order valence-electron chi connectivity index (χ2n) is 4.98. The summed E-state index contributed by atoms with van der Waals surface area (Å²) in [6.07, 6.45) is 1.53. The number of ether oxygens (including phenoxy) is 1. The second-order valence-corrected chi connectivity index (χ2v) is 4.98. The molecule has 2 rings (SSSR count). The third-order valence-electron chi connectivity index (χ3n) is 3.11. The van der Waals surface area contributed by atoms with Crippen LogP contribution in [0, 0.1) is 0 Å². The van der Waals surface area contributed by atoms with Crippen LogP contribution in [0.5, 0.6) is 5.75 Å². The van der Waals surface area contributed by atoms with Gasteiger partial charge in [-0.15, -0.1) is 0 Å². The number of rotatable bonds is 3. The molecule has 1 unspecified atom stereocenters. The van der Waals surface area contributed by atoms with E-state index in [1.807, 2.05) is 0 Å². The highest BCUT2D eigenvalue weighted by atomic mass is 16.5. The molecule has 0 aliphatic carbocycles. The number of hydrogen-bond acceptors (Lipinski definition) is 2. The van der Waals surface area contributed by atoms with Crippen LogP contribution in [0.2, 0.25) is 0 Å². The molecule has 0 spiro atoms. The van der Waals surface area contributed by atoms with Crippen LogP contribution >= 0.6 is 0 Å². The summed E-state index contributed by atoms with van der Waals surface area (Å²) >= 11 is 0. The van der Waals surface area contributed by atoms with Crippen molar-refractivity contribution in [1.29, 1.82) is 0 Å². The van der Waals surface area contributed by atoms with Crippen molar-refractivity contribution in [3.63, 3.8) is 0 Å². The van der Waals surface area contributed by atoms with Crippen molar-refractivity contribution in [2.24, 2.45) is 0 Å². The number of hydrogen-bond donors (Lipinski definition) is 0. The van der Waals surface area contributed by atoms with Gasteiger partial charge in [0.15, 0.2) is 0 Å². The van der Waals surface area contributed by atoms with Gasteiger partial charge in [-0.3, -0.25) is 0 Å². The quantitative estimate of drug-likeness (QED) is 0.775. The van der Waals surface area contributed by atoms with E-state index in [4.69, 9.17) is 4.74 Å². The highest BCUT2D eigenvalue weighted by Gasteiger charge is 2.20. The fraction of sp³-hybridized carbons (Fsp3) is 0.571. The van der Waals surface area contributed by atoms with Crippen molar-refractivity contribution in [2.75, 3.05) is 20.1 Å². The Morgan fingerprint density at radius 3 is 2.44 bits per heavy atom. The summed E-state index contributed by atoms with van der Waals surface area (Å²) < 4.78 is 5.64. The molecule has 88 valence electrons. The Morgan fingerprint density at radius 2 is 1.94 bits per heavy atom. The van der Waals surface area contributed by atoms with E-state index in [0.717, 1.165) is 5.75 Å². The van der Waals surface area contributed by atoms with Gasteiger partial charge in [0.25, 0.3) is 0 Å². The van der Waals surface area contributed by atoms with Crippen molar-refractivity contribution in [3.05, 3.63) is 29.8 Å². The maximum Gasteiger partial charge on any atom is 0.119 e. The maximum atomic E-state index is 5.64. The van der Waals surface area contributed by atoms with Crippen molar-refractivity contribution < 1.29 is 4.74 Å². The van der Waals surface area contributed by atoms with Gasteiger partial charge in [-0.1, -0.05) is 12.1 Å². The highest BCUT2D eigenvalue weighted by Crippen LogP contribution is 2.27. The van der Waals surface area contributed by atoms with Crippen LogP contribution < -0.4 is 4.74 Å². The first-order valence-corrected chi connectivity index (χ1v) is 6.10. The fourth-order valence-electron chi connectivity index (χ4n) is 2.30. The van der Waals surface area contributed by atoms with E-state index in [9.17, 15) is 0 Å². The van der Waals surface area contributed by atoms with E-state index in [-0.39, 0.29) is 6.10 Å². The van der Waals surface area contributed by atoms with Crippen LogP contribution in [-0.2, 0) is 0 Å². The average molecular weight is 219 g/mol. The molecule has 1 fully saturated rings. The summed E-state index contributed by atoms with van der Waals surface area (Å²) in [6, 6.07) is 8.60. The molecule has 1 aliphatic heterocycles. The summed E-state index contributed by atoms with van der Waals surface area (Å²) in [7, 11) is 2.19. The molecule has 1 atom stereocenters.